The maximum atomic E-state index is 11.7. The van der Waals surface area contributed by atoms with Gasteiger partial charge in [-0.3, -0.25) is 9.59 Å². The van der Waals surface area contributed by atoms with Gasteiger partial charge in [-0.15, -0.1) is 11.8 Å². The molecule has 19 heavy (non-hydrogen) atoms. The predicted octanol–water partition coefficient (Wildman–Crippen LogP) is 2.14. The third-order valence-electron chi connectivity index (χ3n) is 2.65. The van der Waals surface area contributed by atoms with Crippen LogP contribution in [0.3, 0.4) is 0 Å². The van der Waals surface area contributed by atoms with Gasteiger partial charge in [0.15, 0.2) is 0 Å². The van der Waals surface area contributed by atoms with E-state index in [1.54, 1.807) is 18.2 Å². The number of nitrogens with zero attached hydrogens (tertiary/aromatic N) is 1. The highest BCUT2D eigenvalue weighted by Gasteiger charge is 2.22. The summed E-state index contributed by atoms with van der Waals surface area (Å²) in [5.74, 6) is 0.844. The summed E-state index contributed by atoms with van der Waals surface area (Å²) in [7, 11) is 0. The van der Waals surface area contributed by atoms with Crippen molar-refractivity contribution in [1.82, 2.24) is 10.2 Å². The highest BCUT2D eigenvalue weighted by molar-refractivity contribution is 8.00. The van der Waals surface area contributed by atoms with Gasteiger partial charge in [0.1, 0.15) is 6.54 Å². The lowest BCUT2D eigenvalue weighted by atomic mass is 10.2. The van der Waals surface area contributed by atoms with Crippen LogP contribution < -0.4 is 5.32 Å². The molecule has 0 unspecified atom stereocenters. The van der Waals surface area contributed by atoms with Crippen molar-refractivity contribution in [2.24, 2.45) is 0 Å². The quantitative estimate of drug-likeness (QED) is 0.925. The molecule has 7 heteroatoms. The largest absolute Gasteiger partial charge is 0.350 e. The summed E-state index contributed by atoms with van der Waals surface area (Å²) in [6, 6.07) is 5.11. The molecule has 1 N–H and O–H groups in total. The molecule has 1 aliphatic heterocycles. The van der Waals surface area contributed by atoms with Crippen molar-refractivity contribution in [2.75, 3.05) is 18.2 Å². The number of carbonyl (C=O) groups is 2. The molecule has 1 saturated heterocycles. The van der Waals surface area contributed by atoms with Gasteiger partial charge in [-0.05, 0) is 17.7 Å². The Bertz CT molecular complexity index is 511. The fourth-order valence-corrected chi connectivity index (χ4v) is 3.01. The number of benzene rings is 1. The van der Waals surface area contributed by atoms with E-state index >= 15 is 0 Å². The molecule has 0 atom stereocenters. The first-order valence-electron chi connectivity index (χ1n) is 5.62. The van der Waals surface area contributed by atoms with E-state index < -0.39 is 0 Å². The van der Waals surface area contributed by atoms with Crippen LogP contribution in [0.5, 0.6) is 0 Å². The molecule has 2 amide bonds. The predicted molar refractivity (Wildman–Crippen MR) is 77.3 cm³/mol. The number of thioether (sulfide) groups is 1. The molecule has 0 saturated carbocycles. The summed E-state index contributed by atoms with van der Waals surface area (Å²) in [4.78, 5) is 24.6. The summed E-state index contributed by atoms with van der Waals surface area (Å²) >= 11 is 13.3. The number of hydrogen-bond acceptors (Lipinski definition) is 3. The summed E-state index contributed by atoms with van der Waals surface area (Å²) in [5, 5.41) is 3.81. The van der Waals surface area contributed by atoms with E-state index in [0.29, 0.717) is 28.2 Å². The minimum atomic E-state index is -0.193. The van der Waals surface area contributed by atoms with Crippen LogP contribution in [0.1, 0.15) is 5.56 Å². The van der Waals surface area contributed by atoms with Crippen LogP contribution in [0.4, 0.5) is 0 Å². The van der Waals surface area contributed by atoms with Crippen molar-refractivity contribution in [3.8, 4) is 0 Å². The molecule has 1 aromatic carbocycles. The molecular weight excluding hydrogens is 307 g/mol. The van der Waals surface area contributed by atoms with Crippen LogP contribution in [-0.2, 0) is 16.1 Å². The van der Waals surface area contributed by atoms with Crippen molar-refractivity contribution in [3.63, 3.8) is 0 Å². The average Bonchev–Trinajstić information content (AvgIpc) is 2.74. The van der Waals surface area contributed by atoms with E-state index in [0.717, 1.165) is 5.56 Å². The Morgan fingerprint density at radius 3 is 2.84 bits per heavy atom. The summed E-state index contributed by atoms with van der Waals surface area (Å²) in [6.45, 7) is 0.418. The van der Waals surface area contributed by atoms with Gasteiger partial charge in [-0.2, -0.15) is 0 Å². The number of halogens is 2. The number of amides is 2. The average molecular weight is 319 g/mol. The third-order valence-corrected chi connectivity index (χ3v) is 4.18. The lowest BCUT2D eigenvalue weighted by Gasteiger charge is -2.14. The summed E-state index contributed by atoms with van der Waals surface area (Å²) in [6.07, 6.45) is 0. The molecule has 0 aliphatic carbocycles. The van der Waals surface area contributed by atoms with E-state index in [9.17, 15) is 9.59 Å². The Labute approximate surface area is 125 Å². The van der Waals surface area contributed by atoms with Crippen molar-refractivity contribution in [1.29, 1.82) is 0 Å². The molecule has 102 valence electrons. The van der Waals surface area contributed by atoms with Crippen molar-refractivity contribution >= 4 is 46.8 Å². The van der Waals surface area contributed by atoms with Crippen LogP contribution in [0.25, 0.3) is 0 Å². The van der Waals surface area contributed by atoms with E-state index in [1.807, 2.05) is 0 Å². The molecule has 1 heterocycles. The van der Waals surface area contributed by atoms with Gasteiger partial charge in [0.25, 0.3) is 0 Å². The van der Waals surface area contributed by atoms with Crippen LogP contribution >= 0.6 is 35.0 Å². The Morgan fingerprint density at radius 1 is 1.42 bits per heavy atom. The number of rotatable bonds is 4. The standard InChI is InChI=1S/C12H12Cl2N2O2S/c13-9-2-1-8(10(14)3-9)4-15-11(17)5-16-7-19-6-12(16)18/h1-3H,4-7H2,(H,15,17). The SMILES string of the molecule is O=C(CN1CSCC1=O)NCc1ccc(Cl)cc1Cl. The minimum Gasteiger partial charge on any atom is -0.350 e. The molecule has 2 rings (SSSR count). The molecule has 4 nitrogen and oxygen atoms in total. The zero-order valence-corrected chi connectivity index (χ0v) is 12.3. The third kappa shape index (κ3) is 4.03. The van der Waals surface area contributed by atoms with Gasteiger partial charge < -0.3 is 10.2 Å². The summed E-state index contributed by atoms with van der Waals surface area (Å²) < 4.78 is 0. The van der Waals surface area contributed by atoms with Gasteiger partial charge in [0.05, 0.1) is 11.6 Å². The molecule has 1 aromatic rings. The second-order valence-electron chi connectivity index (χ2n) is 4.08. The molecule has 1 fully saturated rings. The first-order valence-corrected chi connectivity index (χ1v) is 7.53. The summed E-state index contributed by atoms with van der Waals surface area (Å²) in [5.41, 5.74) is 0.793. The molecule has 0 aromatic heterocycles. The molecule has 0 spiro atoms. The first kappa shape index (κ1) is 14.5. The lowest BCUT2D eigenvalue weighted by Crippen LogP contribution is -2.37. The Kier molecular flexibility index (Phi) is 4.96. The maximum absolute atomic E-state index is 11.7. The smallest absolute Gasteiger partial charge is 0.239 e. The topological polar surface area (TPSA) is 49.4 Å². The van der Waals surface area contributed by atoms with E-state index in [-0.39, 0.29) is 18.4 Å². The number of carbonyl (C=O) groups excluding carboxylic acids is 2. The van der Waals surface area contributed by atoms with E-state index in [2.05, 4.69) is 5.32 Å². The molecule has 1 aliphatic rings. The van der Waals surface area contributed by atoms with Gasteiger partial charge in [0, 0.05) is 16.6 Å². The Hall–Kier alpha value is -0.910. The maximum Gasteiger partial charge on any atom is 0.239 e. The van der Waals surface area contributed by atoms with Crippen molar-refractivity contribution in [3.05, 3.63) is 33.8 Å². The zero-order chi connectivity index (χ0) is 13.8. The van der Waals surface area contributed by atoms with Crippen LogP contribution in [0, 0.1) is 0 Å². The van der Waals surface area contributed by atoms with Crippen molar-refractivity contribution < 1.29 is 9.59 Å². The lowest BCUT2D eigenvalue weighted by molar-refractivity contribution is -0.132. The molecule has 0 bridgehead atoms. The van der Waals surface area contributed by atoms with Gasteiger partial charge in [-0.1, -0.05) is 29.3 Å². The number of hydrogen-bond donors (Lipinski definition) is 1. The van der Waals surface area contributed by atoms with Crippen LogP contribution in [0.15, 0.2) is 18.2 Å². The normalized spacial score (nSPS) is 14.8. The highest BCUT2D eigenvalue weighted by Crippen LogP contribution is 2.20. The van der Waals surface area contributed by atoms with Gasteiger partial charge in [0.2, 0.25) is 11.8 Å². The first-order chi connectivity index (χ1) is 9.06. The monoisotopic (exact) mass is 318 g/mol. The van der Waals surface area contributed by atoms with Crippen LogP contribution in [0.2, 0.25) is 10.0 Å². The second-order valence-corrected chi connectivity index (χ2v) is 5.88. The van der Waals surface area contributed by atoms with Gasteiger partial charge >= 0.3 is 0 Å². The minimum absolute atomic E-state index is 0.00433. The van der Waals surface area contributed by atoms with Crippen molar-refractivity contribution in [2.45, 2.75) is 6.54 Å². The second kappa shape index (κ2) is 6.50. The van der Waals surface area contributed by atoms with E-state index in [1.165, 1.54) is 16.7 Å². The Morgan fingerprint density at radius 2 is 2.21 bits per heavy atom. The van der Waals surface area contributed by atoms with Crippen LogP contribution in [-0.4, -0.2) is 34.9 Å². The molecular formula is C12H12Cl2N2O2S. The Balaban J connectivity index is 1.84. The van der Waals surface area contributed by atoms with Gasteiger partial charge in [-0.25, -0.2) is 0 Å². The highest BCUT2D eigenvalue weighted by atomic mass is 35.5. The molecule has 0 radical (unpaired) electrons. The fraction of sp³-hybridized carbons (Fsp3) is 0.333. The van der Waals surface area contributed by atoms with E-state index in [4.69, 9.17) is 23.2 Å². The fourth-order valence-electron chi connectivity index (χ4n) is 1.63. The number of nitrogens with one attached hydrogen (secondary N) is 1. The zero-order valence-electron chi connectivity index (χ0n) is 9.99.